The highest BCUT2D eigenvalue weighted by molar-refractivity contribution is 5.90. The molecule has 4 nitrogen and oxygen atoms in total. The molecule has 0 fully saturated rings. The number of hydrogen-bond acceptors (Lipinski definition) is 3. The average molecular weight is 263 g/mol. The number of amides is 1. The summed E-state index contributed by atoms with van der Waals surface area (Å²) in [6.45, 7) is 6.55. The molecule has 0 aliphatic heterocycles. The lowest BCUT2D eigenvalue weighted by Gasteiger charge is -2.16. The molecule has 0 heterocycles. The highest BCUT2D eigenvalue weighted by Crippen LogP contribution is 2.30. The van der Waals surface area contributed by atoms with Crippen molar-refractivity contribution in [3.63, 3.8) is 0 Å². The van der Waals surface area contributed by atoms with Gasteiger partial charge in [0.25, 0.3) is 0 Å². The average Bonchev–Trinajstić information content (AvgIpc) is 2.39. The van der Waals surface area contributed by atoms with Crippen LogP contribution in [-0.4, -0.2) is 18.6 Å². The highest BCUT2D eigenvalue weighted by Gasteiger charge is 2.08. The van der Waals surface area contributed by atoms with Crippen molar-refractivity contribution < 1.29 is 14.3 Å². The molecule has 104 valence electrons. The van der Waals surface area contributed by atoms with Crippen LogP contribution >= 0.6 is 0 Å². The van der Waals surface area contributed by atoms with Crippen molar-refractivity contribution in [1.82, 2.24) is 0 Å². The first-order chi connectivity index (χ1) is 9.06. The molecule has 1 aromatic rings. The summed E-state index contributed by atoms with van der Waals surface area (Å²) in [5.41, 5.74) is 5.92. The van der Waals surface area contributed by atoms with Crippen LogP contribution in [0.3, 0.4) is 0 Å². The van der Waals surface area contributed by atoms with E-state index in [9.17, 15) is 4.79 Å². The topological polar surface area (TPSA) is 61.5 Å². The maximum Gasteiger partial charge on any atom is 0.241 e. The summed E-state index contributed by atoms with van der Waals surface area (Å²) < 4.78 is 11.3. The third kappa shape index (κ3) is 5.04. The van der Waals surface area contributed by atoms with Crippen LogP contribution in [0.4, 0.5) is 0 Å². The van der Waals surface area contributed by atoms with E-state index in [4.69, 9.17) is 15.2 Å². The molecule has 1 rings (SSSR count). The Balaban J connectivity index is 2.96. The Morgan fingerprint density at radius 3 is 2.68 bits per heavy atom. The van der Waals surface area contributed by atoms with Crippen LogP contribution in [0.2, 0.25) is 0 Å². The van der Waals surface area contributed by atoms with Crippen LogP contribution < -0.4 is 15.2 Å². The fraction of sp³-hybridized carbons (Fsp3) is 0.400. The number of carbonyl (C=O) groups excluding carboxylic acids is 1. The van der Waals surface area contributed by atoms with Crippen LogP contribution in [0.25, 0.3) is 6.08 Å². The maximum atomic E-state index is 10.7. The Bertz CT molecular complexity index is 455. The number of hydrogen-bond donors (Lipinski definition) is 1. The van der Waals surface area contributed by atoms with Gasteiger partial charge < -0.3 is 15.2 Å². The Kier molecular flexibility index (Phi) is 5.93. The second-order valence-electron chi connectivity index (χ2n) is 4.21. The molecule has 0 radical (unpaired) electrons. The number of ether oxygens (including phenoxy) is 2. The van der Waals surface area contributed by atoms with Gasteiger partial charge in [-0.15, -0.1) is 0 Å². The first-order valence-electron chi connectivity index (χ1n) is 6.47. The van der Waals surface area contributed by atoms with Crippen molar-refractivity contribution >= 4 is 12.0 Å². The van der Waals surface area contributed by atoms with Gasteiger partial charge in [-0.05, 0) is 44.0 Å². The fourth-order valence-electron chi connectivity index (χ4n) is 1.47. The summed E-state index contributed by atoms with van der Waals surface area (Å²) in [5, 5.41) is 0. The number of rotatable bonds is 7. The van der Waals surface area contributed by atoms with Crippen molar-refractivity contribution in [3.05, 3.63) is 29.8 Å². The van der Waals surface area contributed by atoms with Crippen LogP contribution in [-0.2, 0) is 4.79 Å². The molecule has 0 aliphatic carbocycles. The Morgan fingerprint density at radius 1 is 1.37 bits per heavy atom. The summed E-state index contributed by atoms with van der Waals surface area (Å²) in [7, 11) is 0. The minimum absolute atomic E-state index is 0.131. The molecule has 0 saturated carbocycles. The molecule has 0 aliphatic rings. The predicted molar refractivity (Wildman–Crippen MR) is 76.2 cm³/mol. The van der Waals surface area contributed by atoms with Crippen molar-refractivity contribution in [2.75, 3.05) is 6.61 Å². The third-order valence-corrected chi connectivity index (χ3v) is 2.61. The van der Waals surface area contributed by atoms with Gasteiger partial charge in [0.2, 0.25) is 5.91 Å². The molecule has 1 amide bonds. The molecule has 0 saturated heterocycles. The Labute approximate surface area is 114 Å². The normalized spacial score (nSPS) is 12.4. The standard InChI is InChI=1S/C15H21NO3/c1-4-11(3)19-13-8-6-12(7-9-15(16)17)10-14(13)18-5-2/h6-11H,4-5H2,1-3H3,(H2,16,17)/b9-7+. The molecule has 0 bridgehead atoms. The van der Waals surface area contributed by atoms with E-state index in [1.807, 2.05) is 32.0 Å². The predicted octanol–water partition coefficient (Wildman–Crippen LogP) is 2.76. The van der Waals surface area contributed by atoms with E-state index in [-0.39, 0.29) is 6.10 Å². The molecule has 1 aromatic carbocycles. The Hall–Kier alpha value is -1.97. The largest absolute Gasteiger partial charge is 0.490 e. The summed E-state index contributed by atoms with van der Waals surface area (Å²) in [5.74, 6) is 0.916. The van der Waals surface area contributed by atoms with Gasteiger partial charge in [0.05, 0.1) is 12.7 Å². The van der Waals surface area contributed by atoms with Crippen LogP contribution in [0.1, 0.15) is 32.8 Å². The van der Waals surface area contributed by atoms with Gasteiger partial charge in [0.1, 0.15) is 0 Å². The van der Waals surface area contributed by atoms with Gasteiger partial charge in [-0.1, -0.05) is 13.0 Å². The van der Waals surface area contributed by atoms with E-state index in [2.05, 4.69) is 6.92 Å². The molecular formula is C15H21NO3. The van der Waals surface area contributed by atoms with E-state index in [1.54, 1.807) is 6.08 Å². The van der Waals surface area contributed by atoms with Crippen LogP contribution in [0.5, 0.6) is 11.5 Å². The minimum Gasteiger partial charge on any atom is -0.490 e. The zero-order valence-corrected chi connectivity index (χ0v) is 11.7. The van der Waals surface area contributed by atoms with Crippen molar-refractivity contribution in [2.24, 2.45) is 5.73 Å². The first kappa shape index (κ1) is 15.1. The number of benzene rings is 1. The number of primary amides is 1. The molecule has 19 heavy (non-hydrogen) atoms. The van der Waals surface area contributed by atoms with E-state index >= 15 is 0 Å². The fourth-order valence-corrected chi connectivity index (χ4v) is 1.47. The lowest BCUT2D eigenvalue weighted by atomic mass is 10.2. The van der Waals surface area contributed by atoms with Crippen molar-refractivity contribution in [1.29, 1.82) is 0 Å². The second kappa shape index (κ2) is 7.46. The molecule has 1 unspecified atom stereocenters. The third-order valence-electron chi connectivity index (χ3n) is 2.61. The van der Waals surface area contributed by atoms with Gasteiger partial charge in [-0.3, -0.25) is 4.79 Å². The molecule has 0 aromatic heterocycles. The molecule has 2 N–H and O–H groups in total. The SMILES string of the molecule is CCOc1cc(/C=C/C(N)=O)ccc1OC(C)CC. The summed E-state index contributed by atoms with van der Waals surface area (Å²) >= 11 is 0. The van der Waals surface area contributed by atoms with Gasteiger partial charge in [0.15, 0.2) is 11.5 Å². The van der Waals surface area contributed by atoms with Gasteiger partial charge in [0, 0.05) is 6.08 Å². The molecule has 0 spiro atoms. The molecular weight excluding hydrogens is 242 g/mol. The lowest BCUT2D eigenvalue weighted by molar-refractivity contribution is -0.113. The maximum absolute atomic E-state index is 10.7. The second-order valence-corrected chi connectivity index (χ2v) is 4.21. The first-order valence-corrected chi connectivity index (χ1v) is 6.47. The minimum atomic E-state index is -0.474. The smallest absolute Gasteiger partial charge is 0.241 e. The van der Waals surface area contributed by atoms with Crippen molar-refractivity contribution in [3.8, 4) is 11.5 Å². The van der Waals surface area contributed by atoms with Gasteiger partial charge in [-0.25, -0.2) is 0 Å². The zero-order chi connectivity index (χ0) is 14.3. The number of carbonyl (C=O) groups is 1. The highest BCUT2D eigenvalue weighted by atomic mass is 16.5. The quantitative estimate of drug-likeness (QED) is 0.769. The van der Waals surface area contributed by atoms with Crippen molar-refractivity contribution in [2.45, 2.75) is 33.3 Å². The molecule has 4 heteroatoms. The lowest BCUT2D eigenvalue weighted by Crippen LogP contribution is -2.11. The zero-order valence-electron chi connectivity index (χ0n) is 11.7. The van der Waals surface area contributed by atoms with Gasteiger partial charge >= 0.3 is 0 Å². The monoisotopic (exact) mass is 263 g/mol. The van der Waals surface area contributed by atoms with Crippen LogP contribution in [0.15, 0.2) is 24.3 Å². The van der Waals surface area contributed by atoms with E-state index in [0.29, 0.717) is 18.1 Å². The number of nitrogens with two attached hydrogens (primary N) is 1. The van der Waals surface area contributed by atoms with Gasteiger partial charge in [-0.2, -0.15) is 0 Å². The summed E-state index contributed by atoms with van der Waals surface area (Å²) in [4.78, 5) is 10.7. The Morgan fingerprint density at radius 2 is 2.11 bits per heavy atom. The van der Waals surface area contributed by atoms with E-state index < -0.39 is 5.91 Å². The molecule has 1 atom stereocenters. The van der Waals surface area contributed by atoms with E-state index in [0.717, 1.165) is 12.0 Å². The summed E-state index contributed by atoms with van der Waals surface area (Å²) in [6, 6.07) is 5.54. The van der Waals surface area contributed by atoms with E-state index in [1.165, 1.54) is 6.08 Å². The van der Waals surface area contributed by atoms with Crippen LogP contribution in [0, 0.1) is 0 Å². The summed E-state index contributed by atoms with van der Waals surface area (Å²) in [6.07, 6.45) is 4.03.